The van der Waals surface area contributed by atoms with Gasteiger partial charge in [-0.1, -0.05) is 34.1 Å². The van der Waals surface area contributed by atoms with Gasteiger partial charge in [0.1, 0.15) is 5.75 Å². The molecule has 3 heteroatoms. The Bertz CT molecular complexity index is 889. The molecule has 24 heavy (non-hydrogen) atoms. The Labute approximate surface area is 151 Å². The highest BCUT2D eigenvalue weighted by Gasteiger charge is 2.64. The third-order valence-corrected chi connectivity index (χ3v) is 6.69. The molecule has 2 heterocycles. The number of nitrogens with zero attached hydrogens (tertiary/aromatic N) is 1. The SMILES string of the molecule is CN1c2ccccc2C2(C)CCCC3=Cc4cc(Br)ccc4OC312. The molecule has 0 radical (unpaired) electrons. The maximum absolute atomic E-state index is 6.84. The summed E-state index contributed by atoms with van der Waals surface area (Å²) in [5.74, 6) is 0.981. The lowest BCUT2D eigenvalue weighted by Crippen LogP contribution is -2.63. The number of fused-ring (bicyclic) bond motifs is 3. The largest absolute Gasteiger partial charge is 0.462 e. The molecule has 0 saturated heterocycles. The van der Waals surface area contributed by atoms with Crippen molar-refractivity contribution in [2.24, 2.45) is 0 Å². The van der Waals surface area contributed by atoms with Crippen molar-refractivity contribution in [2.45, 2.75) is 37.3 Å². The number of likely N-dealkylation sites (N-methyl/N-ethyl adjacent to an activating group) is 1. The molecule has 5 rings (SSSR count). The lowest BCUT2D eigenvalue weighted by atomic mass is 9.64. The van der Waals surface area contributed by atoms with Crippen molar-refractivity contribution in [3.05, 3.63) is 63.6 Å². The number of anilines is 1. The minimum absolute atomic E-state index is 0.0206. The number of para-hydroxylation sites is 1. The molecule has 3 aliphatic rings. The average molecular weight is 382 g/mol. The monoisotopic (exact) mass is 381 g/mol. The lowest BCUT2D eigenvalue weighted by Gasteiger charge is -2.53. The molecule has 0 bridgehead atoms. The molecule has 122 valence electrons. The summed E-state index contributed by atoms with van der Waals surface area (Å²) in [7, 11) is 2.19. The number of hydrogen-bond acceptors (Lipinski definition) is 2. The van der Waals surface area contributed by atoms with Crippen molar-refractivity contribution in [2.75, 3.05) is 11.9 Å². The van der Waals surface area contributed by atoms with Gasteiger partial charge in [-0.2, -0.15) is 0 Å². The summed E-state index contributed by atoms with van der Waals surface area (Å²) in [5, 5.41) is 0. The van der Waals surface area contributed by atoms with Crippen LogP contribution in [0.1, 0.15) is 37.3 Å². The van der Waals surface area contributed by atoms with E-state index in [1.165, 1.54) is 28.8 Å². The van der Waals surface area contributed by atoms with Gasteiger partial charge in [-0.15, -0.1) is 0 Å². The molecule has 2 nitrogen and oxygen atoms in total. The zero-order valence-electron chi connectivity index (χ0n) is 14.0. The molecule has 1 aliphatic carbocycles. The van der Waals surface area contributed by atoms with Gasteiger partial charge in [0.25, 0.3) is 0 Å². The number of rotatable bonds is 0. The van der Waals surface area contributed by atoms with Crippen molar-refractivity contribution in [1.29, 1.82) is 0 Å². The second kappa shape index (κ2) is 4.66. The van der Waals surface area contributed by atoms with Crippen molar-refractivity contribution in [3.63, 3.8) is 0 Å². The third kappa shape index (κ3) is 1.57. The Morgan fingerprint density at radius 2 is 2.00 bits per heavy atom. The lowest BCUT2D eigenvalue weighted by molar-refractivity contribution is 0.0156. The van der Waals surface area contributed by atoms with E-state index in [4.69, 9.17) is 4.74 Å². The number of hydrogen-bond donors (Lipinski definition) is 0. The Hall–Kier alpha value is -1.74. The van der Waals surface area contributed by atoms with Crippen molar-refractivity contribution in [3.8, 4) is 5.75 Å². The van der Waals surface area contributed by atoms with Crippen LogP contribution in [0.15, 0.2) is 52.5 Å². The summed E-state index contributed by atoms with van der Waals surface area (Å²) in [5.41, 5.74) is 4.88. The summed E-state index contributed by atoms with van der Waals surface area (Å²) < 4.78 is 7.93. The van der Waals surface area contributed by atoms with E-state index in [1.54, 1.807) is 0 Å². The van der Waals surface area contributed by atoms with E-state index < -0.39 is 5.72 Å². The maximum atomic E-state index is 6.84. The summed E-state index contributed by atoms with van der Waals surface area (Å²) in [6.45, 7) is 2.38. The standard InChI is InChI=1S/C21H20BrNO/c1-20-11-5-6-15-12-14-13-16(22)9-10-19(14)24-21(15,20)23(2)18-8-4-3-7-17(18)20/h3-4,7-10,12-13H,5-6,11H2,1-2H3. The van der Waals surface area contributed by atoms with Crippen LogP contribution in [-0.4, -0.2) is 12.8 Å². The zero-order chi connectivity index (χ0) is 16.5. The molecule has 0 amide bonds. The second-order valence-electron chi connectivity index (χ2n) is 7.36. The van der Waals surface area contributed by atoms with E-state index in [0.717, 1.165) is 23.1 Å². The summed E-state index contributed by atoms with van der Waals surface area (Å²) in [6.07, 6.45) is 5.82. The molecule has 1 fully saturated rings. The molecule has 0 aromatic heterocycles. The quantitative estimate of drug-likeness (QED) is 0.596. The molecule has 1 spiro atoms. The molecule has 1 saturated carbocycles. The molecule has 2 atom stereocenters. The molecular weight excluding hydrogens is 362 g/mol. The van der Waals surface area contributed by atoms with Crippen LogP contribution in [0.2, 0.25) is 0 Å². The van der Waals surface area contributed by atoms with Crippen LogP contribution in [0.3, 0.4) is 0 Å². The number of benzene rings is 2. The van der Waals surface area contributed by atoms with E-state index in [-0.39, 0.29) is 5.41 Å². The first-order valence-electron chi connectivity index (χ1n) is 8.59. The number of halogens is 1. The van der Waals surface area contributed by atoms with Crippen LogP contribution in [0.4, 0.5) is 5.69 Å². The molecular formula is C21H20BrNO. The Kier molecular flexibility index (Phi) is 2.83. The van der Waals surface area contributed by atoms with Gasteiger partial charge in [0, 0.05) is 22.8 Å². The van der Waals surface area contributed by atoms with Gasteiger partial charge in [-0.25, -0.2) is 0 Å². The van der Waals surface area contributed by atoms with Crippen molar-refractivity contribution >= 4 is 27.7 Å². The van der Waals surface area contributed by atoms with Crippen LogP contribution in [0.25, 0.3) is 6.08 Å². The fourth-order valence-electron chi connectivity index (χ4n) is 5.12. The molecule has 0 N–H and O–H groups in total. The van der Waals surface area contributed by atoms with Crippen LogP contribution < -0.4 is 9.64 Å². The predicted octanol–water partition coefficient (Wildman–Crippen LogP) is 5.51. The van der Waals surface area contributed by atoms with Gasteiger partial charge in [-0.05, 0) is 67.7 Å². The van der Waals surface area contributed by atoms with E-state index in [1.807, 2.05) is 0 Å². The number of ether oxygens (including phenoxy) is 1. The normalized spacial score (nSPS) is 29.8. The van der Waals surface area contributed by atoms with Gasteiger partial charge in [-0.3, -0.25) is 0 Å². The van der Waals surface area contributed by atoms with E-state index in [0.29, 0.717) is 0 Å². The maximum Gasteiger partial charge on any atom is 0.215 e. The first kappa shape index (κ1) is 14.6. The first-order chi connectivity index (χ1) is 11.6. The first-order valence-corrected chi connectivity index (χ1v) is 9.38. The molecule has 2 unspecified atom stereocenters. The summed E-state index contributed by atoms with van der Waals surface area (Å²) >= 11 is 3.58. The van der Waals surface area contributed by atoms with Gasteiger partial charge in [0.05, 0.1) is 5.41 Å². The van der Waals surface area contributed by atoms with E-state index in [9.17, 15) is 0 Å². The van der Waals surface area contributed by atoms with Gasteiger partial charge >= 0.3 is 0 Å². The second-order valence-corrected chi connectivity index (χ2v) is 8.28. The van der Waals surface area contributed by atoms with Crippen LogP contribution in [-0.2, 0) is 5.41 Å². The van der Waals surface area contributed by atoms with Crippen molar-refractivity contribution in [1.82, 2.24) is 0 Å². The molecule has 2 aliphatic heterocycles. The molecule has 2 aromatic rings. The summed E-state index contributed by atoms with van der Waals surface area (Å²) in [4.78, 5) is 2.37. The van der Waals surface area contributed by atoms with Gasteiger partial charge < -0.3 is 9.64 Å². The summed E-state index contributed by atoms with van der Waals surface area (Å²) in [6, 6.07) is 15.1. The van der Waals surface area contributed by atoms with Crippen molar-refractivity contribution < 1.29 is 4.74 Å². The van der Waals surface area contributed by atoms with Gasteiger partial charge in [0.2, 0.25) is 5.72 Å². The predicted molar refractivity (Wildman–Crippen MR) is 102 cm³/mol. The van der Waals surface area contributed by atoms with E-state index in [2.05, 4.69) is 83.3 Å². The highest BCUT2D eigenvalue weighted by molar-refractivity contribution is 9.10. The topological polar surface area (TPSA) is 12.5 Å². The fraction of sp³-hybridized carbons (Fsp3) is 0.333. The smallest absolute Gasteiger partial charge is 0.215 e. The zero-order valence-corrected chi connectivity index (χ0v) is 15.6. The highest BCUT2D eigenvalue weighted by Crippen LogP contribution is 2.61. The minimum Gasteiger partial charge on any atom is -0.462 e. The minimum atomic E-state index is -0.393. The fourth-order valence-corrected chi connectivity index (χ4v) is 5.50. The van der Waals surface area contributed by atoms with Crippen LogP contribution >= 0.6 is 15.9 Å². The Morgan fingerprint density at radius 3 is 2.88 bits per heavy atom. The average Bonchev–Trinajstić information content (AvgIpc) is 2.78. The van der Waals surface area contributed by atoms with Crippen LogP contribution in [0, 0.1) is 0 Å². The van der Waals surface area contributed by atoms with E-state index >= 15 is 0 Å². The third-order valence-electron chi connectivity index (χ3n) is 6.20. The highest BCUT2D eigenvalue weighted by atomic mass is 79.9. The van der Waals surface area contributed by atoms with Crippen LogP contribution in [0.5, 0.6) is 5.75 Å². The Balaban J connectivity index is 1.78. The van der Waals surface area contributed by atoms with Gasteiger partial charge in [0.15, 0.2) is 0 Å². The molecule has 2 aromatic carbocycles. The Morgan fingerprint density at radius 1 is 1.17 bits per heavy atom.